The van der Waals surface area contributed by atoms with Crippen LogP contribution >= 0.6 is 0 Å². The van der Waals surface area contributed by atoms with E-state index >= 15 is 0 Å². The van der Waals surface area contributed by atoms with Crippen molar-refractivity contribution in [1.82, 2.24) is 10.3 Å². The van der Waals surface area contributed by atoms with E-state index in [0.717, 1.165) is 24.9 Å². The summed E-state index contributed by atoms with van der Waals surface area (Å²) < 4.78 is 0. The first-order valence-electron chi connectivity index (χ1n) is 6.47. The second-order valence-corrected chi connectivity index (χ2v) is 5.02. The molecule has 1 aliphatic rings. The van der Waals surface area contributed by atoms with Crippen LogP contribution in [0.2, 0.25) is 0 Å². The molecule has 16 heavy (non-hydrogen) atoms. The molecular formula is C14H22N2. The van der Waals surface area contributed by atoms with E-state index in [2.05, 4.69) is 23.3 Å². The third-order valence-electron chi connectivity index (χ3n) is 3.59. The van der Waals surface area contributed by atoms with Gasteiger partial charge in [0.1, 0.15) is 0 Å². The molecule has 0 amide bonds. The maximum Gasteiger partial charge on any atom is 0.0300 e. The fourth-order valence-corrected chi connectivity index (χ4v) is 2.43. The van der Waals surface area contributed by atoms with Gasteiger partial charge < -0.3 is 5.32 Å². The Balaban J connectivity index is 1.65. The number of hydrogen-bond donors (Lipinski definition) is 1. The van der Waals surface area contributed by atoms with Crippen molar-refractivity contribution in [3.63, 3.8) is 0 Å². The molecule has 0 aliphatic heterocycles. The largest absolute Gasteiger partial charge is 0.314 e. The normalized spacial score (nSPS) is 25.6. The van der Waals surface area contributed by atoms with E-state index in [4.69, 9.17) is 0 Å². The summed E-state index contributed by atoms with van der Waals surface area (Å²) in [5.74, 6) is 0.941. The molecule has 1 aromatic heterocycles. The third kappa shape index (κ3) is 3.60. The molecule has 0 unspecified atom stereocenters. The van der Waals surface area contributed by atoms with Gasteiger partial charge in [-0.15, -0.1) is 0 Å². The minimum Gasteiger partial charge on any atom is -0.314 e. The predicted octanol–water partition coefficient (Wildman–Crippen LogP) is 2.79. The Morgan fingerprint density at radius 2 is 2.12 bits per heavy atom. The zero-order valence-corrected chi connectivity index (χ0v) is 10.2. The lowest BCUT2D eigenvalue weighted by atomic mass is 9.87. The first-order chi connectivity index (χ1) is 7.84. The maximum absolute atomic E-state index is 4.13. The Morgan fingerprint density at radius 3 is 2.81 bits per heavy atom. The van der Waals surface area contributed by atoms with Crippen molar-refractivity contribution >= 4 is 0 Å². The van der Waals surface area contributed by atoms with E-state index in [9.17, 15) is 0 Å². The second kappa shape index (κ2) is 6.00. The van der Waals surface area contributed by atoms with Gasteiger partial charge in [-0.25, -0.2) is 0 Å². The van der Waals surface area contributed by atoms with E-state index in [1.54, 1.807) is 0 Å². The molecular weight excluding hydrogens is 196 g/mol. The van der Waals surface area contributed by atoms with Crippen LogP contribution < -0.4 is 5.32 Å². The fraction of sp³-hybridized carbons (Fsp3) is 0.643. The molecule has 1 aliphatic carbocycles. The number of hydrogen-bond acceptors (Lipinski definition) is 2. The van der Waals surface area contributed by atoms with E-state index in [1.165, 1.54) is 31.2 Å². The lowest BCUT2D eigenvalue weighted by molar-refractivity contribution is 0.309. The van der Waals surface area contributed by atoms with Crippen molar-refractivity contribution < 1.29 is 0 Å². The summed E-state index contributed by atoms with van der Waals surface area (Å²) in [6.07, 6.45) is 10.4. The average Bonchev–Trinajstić information content (AvgIpc) is 2.33. The summed E-state index contributed by atoms with van der Waals surface area (Å²) in [5, 5.41) is 3.66. The van der Waals surface area contributed by atoms with Crippen molar-refractivity contribution in [1.29, 1.82) is 0 Å². The summed E-state index contributed by atoms with van der Waals surface area (Å²) in [4.78, 5) is 4.13. The molecule has 0 atom stereocenters. The average molecular weight is 218 g/mol. The lowest BCUT2D eigenvalue weighted by Crippen LogP contribution is -2.34. The van der Waals surface area contributed by atoms with Gasteiger partial charge in [0.05, 0.1) is 0 Å². The van der Waals surface area contributed by atoms with Crippen molar-refractivity contribution in [2.75, 3.05) is 6.54 Å². The Labute approximate surface area is 98.5 Å². The molecule has 2 nitrogen and oxygen atoms in total. The van der Waals surface area contributed by atoms with Crippen molar-refractivity contribution in [2.24, 2.45) is 5.92 Å². The highest BCUT2D eigenvalue weighted by molar-refractivity contribution is 5.08. The topological polar surface area (TPSA) is 24.9 Å². The molecule has 1 fully saturated rings. The highest BCUT2D eigenvalue weighted by atomic mass is 14.9. The Hall–Kier alpha value is -0.890. The molecule has 1 aromatic rings. The zero-order valence-electron chi connectivity index (χ0n) is 10.2. The molecule has 2 heteroatoms. The SMILES string of the molecule is CC1CCC(NCCc2cccnc2)CC1. The van der Waals surface area contributed by atoms with Crippen LogP contribution in [-0.4, -0.2) is 17.6 Å². The van der Waals surface area contributed by atoms with E-state index < -0.39 is 0 Å². The van der Waals surface area contributed by atoms with Crippen LogP contribution in [0.15, 0.2) is 24.5 Å². The molecule has 1 N–H and O–H groups in total. The Morgan fingerprint density at radius 1 is 1.31 bits per heavy atom. The first-order valence-corrected chi connectivity index (χ1v) is 6.47. The van der Waals surface area contributed by atoms with E-state index in [1.807, 2.05) is 18.5 Å². The van der Waals surface area contributed by atoms with Gasteiger partial charge in [0.15, 0.2) is 0 Å². The molecule has 0 aromatic carbocycles. The van der Waals surface area contributed by atoms with Crippen molar-refractivity contribution in [3.05, 3.63) is 30.1 Å². The van der Waals surface area contributed by atoms with E-state index in [0.29, 0.717) is 0 Å². The van der Waals surface area contributed by atoms with Crippen LogP contribution in [0.1, 0.15) is 38.2 Å². The summed E-state index contributed by atoms with van der Waals surface area (Å²) in [5.41, 5.74) is 1.33. The van der Waals surface area contributed by atoms with Crippen LogP contribution in [0, 0.1) is 5.92 Å². The standard InChI is InChI=1S/C14H22N2/c1-12-4-6-14(7-5-12)16-10-8-13-3-2-9-15-11-13/h2-3,9,11-12,14,16H,4-8,10H2,1H3. The van der Waals surface area contributed by atoms with Crippen LogP contribution in [0.5, 0.6) is 0 Å². The molecule has 0 saturated heterocycles. The molecule has 2 rings (SSSR count). The van der Waals surface area contributed by atoms with Gasteiger partial charge in [0.25, 0.3) is 0 Å². The first kappa shape index (κ1) is 11.6. The Bertz CT molecular complexity index is 289. The molecule has 0 spiro atoms. The van der Waals surface area contributed by atoms with Crippen LogP contribution in [0.3, 0.4) is 0 Å². The number of nitrogens with zero attached hydrogens (tertiary/aromatic N) is 1. The van der Waals surface area contributed by atoms with Gasteiger partial charge in [-0.1, -0.05) is 13.0 Å². The van der Waals surface area contributed by atoms with Crippen molar-refractivity contribution in [3.8, 4) is 0 Å². The van der Waals surface area contributed by atoms with Crippen LogP contribution in [0.4, 0.5) is 0 Å². The van der Waals surface area contributed by atoms with Gasteiger partial charge in [-0.3, -0.25) is 4.98 Å². The number of rotatable bonds is 4. The molecule has 1 saturated carbocycles. The summed E-state index contributed by atoms with van der Waals surface area (Å²) >= 11 is 0. The van der Waals surface area contributed by atoms with Gasteiger partial charge >= 0.3 is 0 Å². The Kier molecular flexibility index (Phi) is 4.34. The number of pyridine rings is 1. The smallest absolute Gasteiger partial charge is 0.0300 e. The summed E-state index contributed by atoms with van der Waals surface area (Å²) in [6.45, 7) is 3.45. The minimum atomic E-state index is 0.757. The summed E-state index contributed by atoms with van der Waals surface area (Å²) in [7, 11) is 0. The lowest BCUT2D eigenvalue weighted by Gasteiger charge is -2.27. The monoisotopic (exact) mass is 218 g/mol. The fourth-order valence-electron chi connectivity index (χ4n) is 2.43. The van der Waals surface area contributed by atoms with Crippen LogP contribution in [0.25, 0.3) is 0 Å². The summed E-state index contributed by atoms with van der Waals surface area (Å²) in [6, 6.07) is 4.92. The maximum atomic E-state index is 4.13. The highest BCUT2D eigenvalue weighted by Gasteiger charge is 2.16. The highest BCUT2D eigenvalue weighted by Crippen LogP contribution is 2.23. The van der Waals surface area contributed by atoms with Crippen molar-refractivity contribution in [2.45, 2.75) is 45.1 Å². The molecule has 88 valence electrons. The van der Waals surface area contributed by atoms with Gasteiger partial charge in [-0.05, 0) is 56.2 Å². The number of nitrogens with one attached hydrogen (secondary N) is 1. The van der Waals surface area contributed by atoms with E-state index in [-0.39, 0.29) is 0 Å². The quantitative estimate of drug-likeness (QED) is 0.840. The minimum absolute atomic E-state index is 0.757. The van der Waals surface area contributed by atoms with Crippen LogP contribution in [-0.2, 0) is 6.42 Å². The molecule has 0 bridgehead atoms. The third-order valence-corrected chi connectivity index (χ3v) is 3.59. The molecule has 0 radical (unpaired) electrons. The van der Waals surface area contributed by atoms with Gasteiger partial charge in [0.2, 0.25) is 0 Å². The second-order valence-electron chi connectivity index (χ2n) is 5.02. The predicted molar refractivity (Wildman–Crippen MR) is 67.4 cm³/mol. The zero-order chi connectivity index (χ0) is 11.2. The van der Waals surface area contributed by atoms with Gasteiger partial charge in [0, 0.05) is 18.4 Å². The molecule has 1 heterocycles. The van der Waals surface area contributed by atoms with Gasteiger partial charge in [-0.2, -0.15) is 0 Å². The number of aromatic nitrogens is 1.